The Morgan fingerprint density at radius 1 is 1.47 bits per heavy atom. The van der Waals surface area contributed by atoms with E-state index in [1.54, 1.807) is 32.3 Å². The topological polar surface area (TPSA) is 128 Å². The van der Waals surface area contributed by atoms with E-state index in [9.17, 15) is 20.0 Å². The Labute approximate surface area is 200 Å². The van der Waals surface area contributed by atoms with Gasteiger partial charge in [-0.1, -0.05) is 13.0 Å². The minimum Gasteiger partial charge on any atom is -0.392 e. The van der Waals surface area contributed by atoms with Crippen molar-refractivity contribution in [3.05, 3.63) is 58.1 Å². The van der Waals surface area contributed by atoms with Crippen LogP contribution in [-0.2, 0) is 17.8 Å². The summed E-state index contributed by atoms with van der Waals surface area (Å²) in [6, 6.07) is 3.54. The summed E-state index contributed by atoms with van der Waals surface area (Å²) in [4.78, 5) is 30.3. The lowest BCUT2D eigenvalue weighted by Crippen LogP contribution is -2.43. The Bertz CT molecular complexity index is 1020. The maximum atomic E-state index is 13.1. The van der Waals surface area contributed by atoms with Crippen LogP contribution in [0.5, 0.6) is 0 Å². The summed E-state index contributed by atoms with van der Waals surface area (Å²) in [5.41, 5.74) is 2.92. The minimum atomic E-state index is -0.386. The highest BCUT2D eigenvalue weighted by Crippen LogP contribution is 2.27. The third kappa shape index (κ3) is 7.01. The number of hydrogen-bond acceptors (Lipinski definition) is 7. The summed E-state index contributed by atoms with van der Waals surface area (Å²) in [6.45, 7) is 6.27. The highest BCUT2D eigenvalue weighted by atomic mass is 16.5. The first kappa shape index (κ1) is 26.8. The first-order valence-electron chi connectivity index (χ1n) is 11.3. The molecule has 182 valence electrons. The molecule has 0 fully saturated rings. The number of aliphatic hydroxyl groups is 1. The van der Waals surface area contributed by atoms with Crippen molar-refractivity contribution < 1.29 is 19.4 Å². The maximum absolute atomic E-state index is 13.1. The number of aldehydes is 1. The van der Waals surface area contributed by atoms with Crippen molar-refractivity contribution in [2.75, 3.05) is 25.1 Å². The summed E-state index contributed by atoms with van der Waals surface area (Å²) in [5, 5.41) is 25.2. The van der Waals surface area contributed by atoms with Gasteiger partial charge in [0.1, 0.15) is 17.6 Å². The fourth-order valence-corrected chi connectivity index (χ4v) is 3.46. The highest BCUT2D eigenvalue weighted by Gasteiger charge is 2.25. The van der Waals surface area contributed by atoms with Crippen LogP contribution in [0, 0.1) is 11.3 Å². The number of hydrogen-bond donors (Lipinski definition) is 3. The molecule has 0 spiro atoms. The monoisotopic (exact) mass is 467 g/mol. The lowest BCUT2D eigenvalue weighted by atomic mass is 10.0. The van der Waals surface area contributed by atoms with Crippen LogP contribution in [-0.4, -0.2) is 48.7 Å². The van der Waals surface area contributed by atoms with Gasteiger partial charge in [0.05, 0.1) is 24.0 Å². The van der Waals surface area contributed by atoms with Crippen LogP contribution in [0.2, 0.25) is 0 Å². The first-order chi connectivity index (χ1) is 16.4. The maximum Gasteiger partial charge on any atom is 0.327 e. The fourth-order valence-electron chi connectivity index (χ4n) is 3.46. The van der Waals surface area contributed by atoms with Crippen LogP contribution in [0.3, 0.4) is 0 Å². The van der Waals surface area contributed by atoms with Crippen LogP contribution in [0.25, 0.3) is 0 Å². The van der Waals surface area contributed by atoms with Crippen molar-refractivity contribution in [2.45, 2.75) is 52.7 Å². The molecule has 3 N–H and O–H groups in total. The van der Waals surface area contributed by atoms with Crippen molar-refractivity contribution in [1.29, 1.82) is 5.26 Å². The number of allylic oxidation sites excluding steroid dienone is 5. The second-order valence-corrected chi connectivity index (χ2v) is 7.98. The van der Waals surface area contributed by atoms with E-state index in [1.165, 1.54) is 4.90 Å². The number of anilines is 1. The molecule has 1 atom stereocenters. The smallest absolute Gasteiger partial charge is 0.327 e. The summed E-state index contributed by atoms with van der Waals surface area (Å²) >= 11 is 0. The van der Waals surface area contributed by atoms with Crippen molar-refractivity contribution in [2.24, 2.45) is 0 Å². The van der Waals surface area contributed by atoms with E-state index in [0.29, 0.717) is 54.1 Å². The van der Waals surface area contributed by atoms with Gasteiger partial charge in [0, 0.05) is 31.5 Å². The third-order valence-corrected chi connectivity index (χ3v) is 5.38. The molecule has 2 rings (SSSR count). The number of carbonyl (C=O) groups excluding carboxylic acids is 2. The number of ether oxygens (including phenoxy) is 1. The third-order valence-electron chi connectivity index (χ3n) is 5.38. The fraction of sp³-hybridized carbons (Fsp3) is 0.440. The molecule has 0 saturated carbocycles. The van der Waals surface area contributed by atoms with Crippen LogP contribution >= 0.6 is 0 Å². The second-order valence-electron chi connectivity index (χ2n) is 7.98. The highest BCUT2D eigenvalue weighted by molar-refractivity contribution is 5.93. The molecule has 1 aromatic rings. The Hall–Kier alpha value is -3.48. The molecule has 1 aliphatic rings. The average molecular weight is 468 g/mol. The van der Waals surface area contributed by atoms with E-state index in [2.05, 4.69) is 21.7 Å². The van der Waals surface area contributed by atoms with Crippen molar-refractivity contribution in [1.82, 2.24) is 15.6 Å². The molecule has 0 radical (unpaired) electrons. The van der Waals surface area contributed by atoms with Crippen molar-refractivity contribution in [3.8, 4) is 6.07 Å². The van der Waals surface area contributed by atoms with Crippen LogP contribution in [0.4, 0.5) is 10.6 Å². The molecule has 0 aliphatic carbocycles. The quantitative estimate of drug-likeness (QED) is 0.274. The van der Waals surface area contributed by atoms with E-state index < -0.39 is 0 Å². The SMILES string of the molecule is CC/C=C/C(C#N)=C(\C=C(/C)NC(=O)N1CCCc2cc(CO)c(C=O)nc21)NCC(C)OC. The predicted octanol–water partition coefficient (Wildman–Crippen LogP) is 3.12. The summed E-state index contributed by atoms with van der Waals surface area (Å²) in [6.07, 6.45) is 8.09. The number of nitriles is 1. The Balaban J connectivity index is 2.31. The molecule has 1 aliphatic heterocycles. The standard InChI is InChI=1S/C25H33N5O4/c1-5-6-8-20(13-26)22(27-14-18(3)34-4)11-17(2)28-25(33)30-10-7-9-19-12-21(15-31)23(16-32)29-24(19)30/h6,8,11-12,16,18,27,31H,5,7,9-10,14-15H2,1-4H3,(H,28,33)/b8-6+,17-11+,22-20-. The molecule has 2 amide bonds. The molecule has 1 unspecified atom stereocenters. The van der Waals surface area contributed by atoms with Gasteiger partial charge < -0.3 is 20.5 Å². The van der Waals surface area contributed by atoms with E-state index in [-0.39, 0.29) is 24.4 Å². The molecular weight excluding hydrogens is 434 g/mol. The number of aryl methyl sites for hydroxylation is 1. The molecule has 1 aromatic heterocycles. The largest absolute Gasteiger partial charge is 0.392 e. The van der Waals surface area contributed by atoms with Gasteiger partial charge in [0.25, 0.3) is 0 Å². The van der Waals surface area contributed by atoms with E-state index >= 15 is 0 Å². The number of carbonyl (C=O) groups is 2. The minimum absolute atomic E-state index is 0.0693. The van der Waals surface area contributed by atoms with E-state index in [4.69, 9.17) is 4.74 Å². The van der Waals surface area contributed by atoms with E-state index in [0.717, 1.165) is 18.4 Å². The number of pyridine rings is 1. The predicted molar refractivity (Wildman–Crippen MR) is 130 cm³/mol. The number of aromatic nitrogens is 1. The van der Waals surface area contributed by atoms with Crippen LogP contribution in [0.1, 0.15) is 55.2 Å². The number of nitrogens with zero attached hydrogens (tertiary/aromatic N) is 3. The number of rotatable bonds is 10. The molecule has 34 heavy (non-hydrogen) atoms. The molecule has 0 bridgehead atoms. The average Bonchev–Trinajstić information content (AvgIpc) is 2.85. The Morgan fingerprint density at radius 3 is 2.85 bits per heavy atom. The zero-order chi connectivity index (χ0) is 25.1. The van der Waals surface area contributed by atoms with Crippen molar-refractivity contribution >= 4 is 18.1 Å². The normalized spacial score (nSPS) is 15.3. The first-order valence-corrected chi connectivity index (χ1v) is 11.3. The zero-order valence-electron chi connectivity index (χ0n) is 20.2. The van der Waals surface area contributed by atoms with Crippen LogP contribution < -0.4 is 15.5 Å². The molecule has 9 heteroatoms. The molecule has 0 aromatic carbocycles. The lowest BCUT2D eigenvalue weighted by molar-refractivity contribution is 0.111. The number of aliphatic hydroxyl groups excluding tert-OH is 1. The Morgan fingerprint density at radius 2 is 2.24 bits per heavy atom. The summed E-state index contributed by atoms with van der Waals surface area (Å²) in [5.74, 6) is 0.419. The summed E-state index contributed by atoms with van der Waals surface area (Å²) < 4.78 is 5.28. The number of urea groups is 1. The van der Waals surface area contributed by atoms with Gasteiger partial charge >= 0.3 is 6.03 Å². The number of methoxy groups -OCH3 is 1. The molecule has 9 nitrogen and oxygen atoms in total. The summed E-state index contributed by atoms with van der Waals surface area (Å²) in [7, 11) is 1.61. The van der Waals surface area contributed by atoms with Gasteiger partial charge in [-0.3, -0.25) is 9.69 Å². The van der Waals surface area contributed by atoms with Gasteiger partial charge in [-0.25, -0.2) is 9.78 Å². The number of nitrogens with one attached hydrogen (secondary N) is 2. The second kappa shape index (κ2) is 13.3. The van der Waals surface area contributed by atoms with Gasteiger partial charge in [0.2, 0.25) is 0 Å². The number of fused-ring (bicyclic) bond motifs is 1. The van der Waals surface area contributed by atoms with Gasteiger partial charge in [0.15, 0.2) is 6.29 Å². The molecule has 2 heterocycles. The van der Waals surface area contributed by atoms with Gasteiger partial charge in [-0.05, 0) is 56.9 Å². The van der Waals surface area contributed by atoms with Gasteiger partial charge in [-0.15, -0.1) is 0 Å². The lowest BCUT2D eigenvalue weighted by Gasteiger charge is -2.29. The van der Waals surface area contributed by atoms with Crippen molar-refractivity contribution in [3.63, 3.8) is 0 Å². The zero-order valence-corrected chi connectivity index (χ0v) is 20.2. The van der Waals surface area contributed by atoms with Crippen LogP contribution in [0.15, 0.2) is 41.3 Å². The molecule has 0 saturated heterocycles. The molecular formula is C25H33N5O4. The number of amides is 2. The Kier molecular flexibility index (Phi) is 10.5. The van der Waals surface area contributed by atoms with Gasteiger partial charge in [-0.2, -0.15) is 5.26 Å². The van der Waals surface area contributed by atoms with E-state index in [1.807, 2.05) is 19.9 Å².